The third-order valence-corrected chi connectivity index (χ3v) is 4.23. The fourth-order valence-corrected chi connectivity index (χ4v) is 2.97. The molecule has 0 aliphatic heterocycles. The number of nitro groups is 1. The lowest BCUT2D eigenvalue weighted by Gasteiger charge is -2.10. The van der Waals surface area contributed by atoms with Crippen molar-refractivity contribution in [2.24, 2.45) is 0 Å². The summed E-state index contributed by atoms with van der Waals surface area (Å²) in [4.78, 5) is 9.91. The van der Waals surface area contributed by atoms with Crippen LogP contribution in [-0.4, -0.2) is 18.4 Å². The predicted octanol–water partition coefficient (Wildman–Crippen LogP) is 2.41. The Labute approximate surface area is 121 Å². The van der Waals surface area contributed by atoms with Gasteiger partial charge in [0.2, 0.25) is 0 Å². The molecule has 7 nitrogen and oxygen atoms in total. The first-order valence-electron chi connectivity index (χ1n) is 5.87. The zero-order valence-electron chi connectivity index (χ0n) is 11.0. The molecule has 0 radical (unpaired) electrons. The van der Waals surface area contributed by atoms with Gasteiger partial charge < -0.3 is 5.11 Å². The molecule has 110 valence electrons. The molecule has 2 rings (SSSR count). The van der Waals surface area contributed by atoms with Crippen molar-refractivity contribution in [3.63, 3.8) is 0 Å². The van der Waals surface area contributed by atoms with Crippen molar-refractivity contribution in [2.75, 3.05) is 4.72 Å². The number of benzene rings is 2. The van der Waals surface area contributed by atoms with Gasteiger partial charge in [0.05, 0.1) is 4.92 Å². The normalized spacial score (nSPS) is 11.1. The number of anilines is 1. The molecule has 21 heavy (non-hydrogen) atoms. The minimum absolute atomic E-state index is 0.0968. The number of hydrogen-bond acceptors (Lipinski definition) is 5. The summed E-state index contributed by atoms with van der Waals surface area (Å²) in [6.07, 6.45) is 0. The number of rotatable bonds is 4. The van der Waals surface area contributed by atoms with Gasteiger partial charge in [0.1, 0.15) is 10.6 Å². The second-order valence-corrected chi connectivity index (χ2v) is 5.98. The number of aromatic hydroxyl groups is 1. The highest BCUT2D eigenvalue weighted by atomic mass is 32.2. The summed E-state index contributed by atoms with van der Waals surface area (Å²) in [5.41, 5.74) is 0.416. The van der Waals surface area contributed by atoms with Crippen molar-refractivity contribution in [2.45, 2.75) is 11.8 Å². The lowest BCUT2D eigenvalue weighted by Crippen LogP contribution is -2.13. The van der Waals surface area contributed by atoms with E-state index >= 15 is 0 Å². The zero-order valence-corrected chi connectivity index (χ0v) is 11.8. The summed E-state index contributed by atoms with van der Waals surface area (Å²) < 4.78 is 26.6. The molecule has 0 heterocycles. The van der Waals surface area contributed by atoms with E-state index in [1.165, 1.54) is 49.4 Å². The number of phenolic OH excluding ortho intramolecular Hbond substituents is 1. The second kappa shape index (κ2) is 5.41. The van der Waals surface area contributed by atoms with E-state index in [9.17, 15) is 23.6 Å². The van der Waals surface area contributed by atoms with Gasteiger partial charge in [0.25, 0.3) is 15.7 Å². The van der Waals surface area contributed by atoms with Crippen molar-refractivity contribution in [3.05, 3.63) is 58.1 Å². The van der Waals surface area contributed by atoms with Gasteiger partial charge in [-0.3, -0.25) is 14.8 Å². The van der Waals surface area contributed by atoms with Crippen LogP contribution in [0.5, 0.6) is 5.75 Å². The Balaban J connectivity index is 2.36. The number of sulfonamides is 1. The van der Waals surface area contributed by atoms with Crippen molar-refractivity contribution < 1.29 is 18.4 Å². The van der Waals surface area contributed by atoms with Crippen LogP contribution in [0.2, 0.25) is 0 Å². The molecule has 2 N–H and O–H groups in total. The highest BCUT2D eigenvalue weighted by Gasteiger charge is 2.19. The third kappa shape index (κ3) is 3.11. The van der Waals surface area contributed by atoms with Gasteiger partial charge in [-0.1, -0.05) is 12.1 Å². The number of nitrogens with zero attached hydrogens (tertiary/aromatic N) is 1. The quantitative estimate of drug-likeness (QED) is 0.665. The molecule has 2 aromatic carbocycles. The van der Waals surface area contributed by atoms with Gasteiger partial charge in [0, 0.05) is 17.3 Å². The first kappa shape index (κ1) is 14.8. The van der Waals surface area contributed by atoms with Gasteiger partial charge in [-0.25, -0.2) is 8.42 Å². The number of nitrogens with one attached hydrogen (secondary N) is 1. The zero-order chi connectivity index (χ0) is 15.6. The molecule has 0 aliphatic rings. The Kier molecular flexibility index (Phi) is 3.81. The highest BCUT2D eigenvalue weighted by Crippen LogP contribution is 2.26. The molecular weight excluding hydrogens is 296 g/mol. The van der Waals surface area contributed by atoms with Crippen molar-refractivity contribution in [1.82, 2.24) is 0 Å². The lowest BCUT2D eigenvalue weighted by atomic mass is 10.2. The third-order valence-electron chi connectivity index (χ3n) is 2.80. The van der Waals surface area contributed by atoms with Crippen LogP contribution >= 0.6 is 0 Å². The van der Waals surface area contributed by atoms with Crippen LogP contribution < -0.4 is 4.72 Å². The summed E-state index contributed by atoms with van der Waals surface area (Å²) in [5.74, 6) is -0.372. The van der Waals surface area contributed by atoms with Crippen LogP contribution in [0, 0.1) is 17.0 Å². The first-order chi connectivity index (χ1) is 9.81. The van der Waals surface area contributed by atoms with E-state index in [0.717, 1.165) is 0 Å². The molecule has 0 amide bonds. The SMILES string of the molecule is Cc1cc(NS(=O)(=O)c2ccccc2O)ccc1[N+](=O)[O-]. The van der Waals surface area contributed by atoms with E-state index in [4.69, 9.17) is 0 Å². The molecule has 0 unspecified atom stereocenters. The smallest absolute Gasteiger partial charge is 0.272 e. The van der Waals surface area contributed by atoms with Crippen LogP contribution in [0.3, 0.4) is 0 Å². The van der Waals surface area contributed by atoms with Gasteiger partial charge in [-0.05, 0) is 31.2 Å². The van der Waals surface area contributed by atoms with Crippen LogP contribution in [-0.2, 0) is 10.0 Å². The summed E-state index contributed by atoms with van der Waals surface area (Å²) >= 11 is 0. The summed E-state index contributed by atoms with van der Waals surface area (Å²) in [6.45, 7) is 1.51. The molecule has 0 aromatic heterocycles. The van der Waals surface area contributed by atoms with E-state index in [1.807, 2.05) is 0 Å². The van der Waals surface area contributed by atoms with Crippen LogP contribution in [0.1, 0.15) is 5.56 Å². The Morgan fingerprint density at radius 1 is 1.19 bits per heavy atom. The number of aryl methyl sites for hydroxylation is 1. The lowest BCUT2D eigenvalue weighted by molar-refractivity contribution is -0.385. The molecule has 0 aliphatic carbocycles. The molecule has 2 aromatic rings. The van der Waals surface area contributed by atoms with Crippen molar-refractivity contribution >= 4 is 21.4 Å². The van der Waals surface area contributed by atoms with Crippen molar-refractivity contribution in [1.29, 1.82) is 0 Å². The first-order valence-corrected chi connectivity index (χ1v) is 7.35. The Hall–Kier alpha value is -2.61. The predicted molar refractivity (Wildman–Crippen MR) is 76.7 cm³/mol. The molecule has 0 atom stereocenters. The molecule has 0 saturated carbocycles. The van der Waals surface area contributed by atoms with Crippen molar-refractivity contribution in [3.8, 4) is 5.75 Å². The maximum Gasteiger partial charge on any atom is 0.272 e. The number of hydrogen-bond donors (Lipinski definition) is 2. The Bertz CT molecular complexity index is 802. The van der Waals surface area contributed by atoms with E-state index in [0.29, 0.717) is 5.56 Å². The Morgan fingerprint density at radius 2 is 1.86 bits per heavy atom. The fourth-order valence-electron chi connectivity index (χ4n) is 1.82. The summed E-state index contributed by atoms with van der Waals surface area (Å²) in [5, 5.41) is 20.3. The van der Waals surface area contributed by atoms with Gasteiger partial charge >= 0.3 is 0 Å². The monoisotopic (exact) mass is 308 g/mol. The van der Waals surface area contributed by atoms with E-state index in [-0.39, 0.29) is 22.0 Å². The Morgan fingerprint density at radius 3 is 2.43 bits per heavy atom. The van der Waals surface area contributed by atoms with Crippen LogP contribution in [0.25, 0.3) is 0 Å². The summed E-state index contributed by atoms with van der Waals surface area (Å²) in [6, 6.07) is 9.38. The van der Waals surface area contributed by atoms with E-state index < -0.39 is 14.9 Å². The average Bonchev–Trinajstić information content (AvgIpc) is 2.38. The molecular formula is C13H12N2O5S. The topological polar surface area (TPSA) is 110 Å². The molecule has 0 fully saturated rings. The second-order valence-electron chi connectivity index (χ2n) is 4.33. The van der Waals surface area contributed by atoms with E-state index in [2.05, 4.69) is 4.72 Å². The molecule has 0 spiro atoms. The molecule has 8 heteroatoms. The minimum Gasteiger partial charge on any atom is -0.507 e. The number of phenols is 1. The largest absolute Gasteiger partial charge is 0.507 e. The fraction of sp³-hybridized carbons (Fsp3) is 0.0769. The maximum absolute atomic E-state index is 12.1. The van der Waals surface area contributed by atoms with Crippen LogP contribution in [0.4, 0.5) is 11.4 Å². The van der Waals surface area contributed by atoms with Gasteiger partial charge in [-0.15, -0.1) is 0 Å². The maximum atomic E-state index is 12.1. The van der Waals surface area contributed by atoms with E-state index in [1.54, 1.807) is 0 Å². The minimum atomic E-state index is -3.96. The summed E-state index contributed by atoms with van der Waals surface area (Å²) in [7, 11) is -3.96. The molecule has 0 bridgehead atoms. The number of nitro benzene ring substituents is 1. The number of para-hydroxylation sites is 1. The molecule has 0 saturated heterocycles. The van der Waals surface area contributed by atoms with Crippen LogP contribution in [0.15, 0.2) is 47.4 Å². The van der Waals surface area contributed by atoms with Gasteiger partial charge in [-0.2, -0.15) is 0 Å². The standard InChI is InChI=1S/C13H12N2O5S/c1-9-8-10(6-7-11(9)15(17)18)14-21(19,20)13-5-3-2-4-12(13)16/h2-8,14,16H,1H3. The average molecular weight is 308 g/mol. The highest BCUT2D eigenvalue weighted by molar-refractivity contribution is 7.92. The van der Waals surface area contributed by atoms with Gasteiger partial charge in [0.15, 0.2) is 0 Å².